The molecule has 6 heteroatoms. The van der Waals surface area contributed by atoms with E-state index in [1.807, 2.05) is 6.92 Å². The van der Waals surface area contributed by atoms with Gasteiger partial charge < -0.3 is 10.4 Å². The minimum absolute atomic E-state index is 0. The zero-order valence-corrected chi connectivity index (χ0v) is 4.27. The predicted molar refractivity (Wildman–Crippen MR) is 47.6 cm³/mol. The van der Waals surface area contributed by atoms with Crippen molar-refractivity contribution in [2.75, 3.05) is 13.1 Å². The first-order valence-electron chi connectivity index (χ1n) is 2.20. The Morgan fingerprint density at radius 1 is 1.40 bits per heavy atom. The van der Waals surface area contributed by atoms with Crippen molar-refractivity contribution in [1.82, 2.24) is 5.32 Å². The Bertz CT molecular complexity index is 71.5. The summed E-state index contributed by atoms with van der Waals surface area (Å²) >= 11 is 0. The fraction of sp³-hybridized carbons (Fsp3) is 0.750. The van der Waals surface area contributed by atoms with Crippen LogP contribution in [-0.4, -0.2) is 113 Å². The molecule has 0 unspecified atom stereocenters. The Hall–Kier alpha value is 2.43. The van der Waals surface area contributed by atoms with E-state index in [2.05, 4.69) is 5.32 Å². The van der Waals surface area contributed by atoms with Gasteiger partial charge in [-0.2, -0.15) is 0 Å². The Kier molecular flexibility index (Phi) is 40.0. The molecule has 10 heavy (non-hydrogen) atoms. The Labute approximate surface area is 128 Å². The number of rotatable bonds is 3. The van der Waals surface area contributed by atoms with Gasteiger partial charge in [0.05, 0.1) is 6.54 Å². The summed E-state index contributed by atoms with van der Waals surface area (Å²) in [5.74, 6) is -0.804. The van der Waals surface area contributed by atoms with Gasteiger partial charge in [-0.05, 0) is 6.54 Å². The van der Waals surface area contributed by atoms with Crippen molar-refractivity contribution in [2.24, 2.45) is 0 Å². The number of carboxylic acids is 1. The van der Waals surface area contributed by atoms with Gasteiger partial charge in [-0.25, -0.2) is 0 Å². The normalized spacial score (nSPS) is 6.10. The van der Waals surface area contributed by atoms with E-state index in [0.29, 0.717) is 6.54 Å². The van der Waals surface area contributed by atoms with Crippen LogP contribution >= 0.6 is 0 Å². The number of carbonyl (C=O) groups is 1. The molecule has 0 aromatic rings. The first-order valence-corrected chi connectivity index (χ1v) is 2.20. The molecule has 0 spiro atoms. The van der Waals surface area contributed by atoms with Crippen LogP contribution in [0.4, 0.5) is 0 Å². The Morgan fingerprint density at radius 2 is 1.80 bits per heavy atom. The van der Waals surface area contributed by atoms with Crippen molar-refractivity contribution in [2.45, 2.75) is 6.92 Å². The molecule has 0 radical (unpaired) electrons. The van der Waals surface area contributed by atoms with Crippen LogP contribution in [0.2, 0.25) is 0 Å². The van der Waals surface area contributed by atoms with E-state index >= 15 is 0 Å². The summed E-state index contributed by atoms with van der Waals surface area (Å²) in [4.78, 5) is 9.70. The first-order chi connectivity index (χ1) is 3.27. The van der Waals surface area contributed by atoms with E-state index in [1.54, 1.807) is 0 Å². The second-order valence-electron chi connectivity index (χ2n) is 1.17. The fourth-order valence-corrected chi connectivity index (χ4v) is 0.232. The third kappa shape index (κ3) is 22.4. The van der Waals surface area contributed by atoms with Crippen molar-refractivity contribution >= 4 is 94.6 Å². The summed E-state index contributed by atoms with van der Waals surface area (Å²) in [6.45, 7) is 2.64. The SMILES string of the molecule is CCNCC(=O)O.[NaH].[NaH].[NaH]. The molecule has 0 rings (SSSR count). The first kappa shape index (κ1) is 22.9. The summed E-state index contributed by atoms with van der Waals surface area (Å²) in [5.41, 5.74) is 0. The monoisotopic (exact) mass is 175 g/mol. The zero-order valence-electron chi connectivity index (χ0n) is 4.27. The van der Waals surface area contributed by atoms with Gasteiger partial charge in [0.15, 0.2) is 0 Å². The maximum atomic E-state index is 9.70. The van der Waals surface area contributed by atoms with Crippen molar-refractivity contribution in [1.29, 1.82) is 0 Å². The average Bonchev–Trinajstić information content (AvgIpc) is 1.61. The van der Waals surface area contributed by atoms with Gasteiger partial charge in [0.25, 0.3) is 0 Å². The molecule has 0 saturated carbocycles. The van der Waals surface area contributed by atoms with Gasteiger partial charge >= 0.3 is 94.6 Å². The molecule has 0 fully saturated rings. The topological polar surface area (TPSA) is 49.3 Å². The number of hydrogen-bond donors (Lipinski definition) is 2. The van der Waals surface area contributed by atoms with E-state index in [-0.39, 0.29) is 95.2 Å². The van der Waals surface area contributed by atoms with Crippen LogP contribution in [0.1, 0.15) is 6.92 Å². The standard InChI is InChI=1S/C4H9NO2.3Na.3H/c1-2-5-3-4(6)7;;;;;;/h5H,2-3H2,1H3,(H,6,7);;;;;;. The number of nitrogens with one attached hydrogen (secondary N) is 1. The molecule has 0 aliphatic rings. The van der Waals surface area contributed by atoms with Crippen LogP contribution in [-0.2, 0) is 4.79 Å². The molecule has 0 bridgehead atoms. The number of likely N-dealkylation sites (N-methyl/N-ethyl adjacent to an activating group) is 1. The van der Waals surface area contributed by atoms with Crippen LogP contribution < -0.4 is 5.32 Å². The van der Waals surface area contributed by atoms with Crippen LogP contribution in [0.3, 0.4) is 0 Å². The summed E-state index contributed by atoms with van der Waals surface area (Å²) in [7, 11) is 0. The average molecular weight is 175 g/mol. The quantitative estimate of drug-likeness (QED) is 0.476. The van der Waals surface area contributed by atoms with Gasteiger partial charge in [0.1, 0.15) is 0 Å². The van der Waals surface area contributed by atoms with Crippen molar-refractivity contribution in [3.05, 3.63) is 0 Å². The van der Waals surface area contributed by atoms with E-state index < -0.39 is 5.97 Å². The molecule has 0 aromatic carbocycles. The molecule has 0 aromatic heterocycles. The van der Waals surface area contributed by atoms with Gasteiger partial charge in [-0.3, -0.25) is 4.79 Å². The van der Waals surface area contributed by atoms with Gasteiger partial charge in [-0.15, -0.1) is 0 Å². The number of carboxylic acid groups (broad SMARTS) is 1. The number of hydrogen-bond acceptors (Lipinski definition) is 2. The molecule has 2 N–H and O–H groups in total. The maximum absolute atomic E-state index is 9.70. The molecule has 0 aliphatic carbocycles. The Balaban J connectivity index is -0.0000000600. The third-order valence-electron chi connectivity index (χ3n) is 0.526. The third-order valence-corrected chi connectivity index (χ3v) is 0.526. The van der Waals surface area contributed by atoms with Crippen LogP contribution in [0.15, 0.2) is 0 Å². The molecular weight excluding hydrogens is 163 g/mol. The molecule has 48 valence electrons. The van der Waals surface area contributed by atoms with Crippen molar-refractivity contribution in [3.63, 3.8) is 0 Å². The summed E-state index contributed by atoms with van der Waals surface area (Å²) in [6.07, 6.45) is 0. The number of aliphatic carboxylic acids is 1. The summed E-state index contributed by atoms with van der Waals surface area (Å²) in [6, 6.07) is 0. The van der Waals surface area contributed by atoms with E-state index in [9.17, 15) is 4.79 Å². The van der Waals surface area contributed by atoms with Gasteiger partial charge in [0.2, 0.25) is 0 Å². The molecule has 0 aliphatic heterocycles. The second kappa shape index (κ2) is 17.5. The van der Waals surface area contributed by atoms with Crippen LogP contribution in [0, 0.1) is 0 Å². The van der Waals surface area contributed by atoms with E-state index in [0.717, 1.165) is 0 Å². The molecule has 3 nitrogen and oxygen atoms in total. The minimum atomic E-state index is -0.804. The molecule has 0 heterocycles. The van der Waals surface area contributed by atoms with Gasteiger partial charge in [0, 0.05) is 0 Å². The van der Waals surface area contributed by atoms with Gasteiger partial charge in [-0.1, -0.05) is 6.92 Å². The molecule has 0 amide bonds. The van der Waals surface area contributed by atoms with Crippen molar-refractivity contribution in [3.8, 4) is 0 Å². The molecular formula is C4H12NNa3O2. The predicted octanol–water partition coefficient (Wildman–Crippen LogP) is -2.26. The van der Waals surface area contributed by atoms with E-state index in [4.69, 9.17) is 5.11 Å². The van der Waals surface area contributed by atoms with Crippen molar-refractivity contribution < 1.29 is 9.90 Å². The van der Waals surface area contributed by atoms with E-state index in [1.165, 1.54) is 0 Å². The molecule has 0 saturated heterocycles. The van der Waals surface area contributed by atoms with Crippen LogP contribution in [0.25, 0.3) is 0 Å². The van der Waals surface area contributed by atoms with Crippen LogP contribution in [0.5, 0.6) is 0 Å². The Morgan fingerprint density at radius 3 is 1.90 bits per heavy atom. The second-order valence-corrected chi connectivity index (χ2v) is 1.17. The fourth-order valence-electron chi connectivity index (χ4n) is 0.232. The molecule has 0 atom stereocenters. The summed E-state index contributed by atoms with van der Waals surface area (Å²) < 4.78 is 0. The zero-order chi connectivity index (χ0) is 5.70. The summed E-state index contributed by atoms with van der Waals surface area (Å²) in [5, 5.41) is 10.6.